The van der Waals surface area contributed by atoms with Crippen LogP contribution in [-0.4, -0.2) is 47.4 Å². The van der Waals surface area contributed by atoms with Crippen LogP contribution in [0.4, 0.5) is 0 Å². The molecule has 406 valence electrons. The number of carbonyl (C=O) groups is 2. The Morgan fingerprint density at radius 1 is 0.406 bits per heavy atom. The number of hydrogen-bond donors (Lipinski definition) is 3. The van der Waals surface area contributed by atoms with E-state index < -0.39 is 12.1 Å². The predicted octanol–water partition coefficient (Wildman–Crippen LogP) is 19.2. The van der Waals surface area contributed by atoms with Crippen LogP contribution in [0.2, 0.25) is 0 Å². The van der Waals surface area contributed by atoms with Crippen LogP contribution >= 0.6 is 0 Å². The smallest absolute Gasteiger partial charge is 0.305 e. The van der Waals surface area contributed by atoms with Crippen molar-refractivity contribution < 1.29 is 24.5 Å². The minimum Gasteiger partial charge on any atom is -0.466 e. The van der Waals surface area contributed by atoms with Gasteiger partial charge in [0.1, 0.15) is 0 Å². The van der Waals surface area contributed by atoms with E-state index in [0.29, 0.717) is 19.4 Å². The van der Waals surface area contributed by atoms with Gasteiger partial charge in [0.15, 0.2) is 0 Å². The second kappa shape index (κ2) is 58.6. The Morgan fingerprint density at radius 3 is 1.12 bits per heavy atom. The average Bonchev–Trinajstić information content (AvgIpc) is 3.35. The molecule has 0 aromatic carbocycles. The fraction of sp³-hybridized carbons (Fsp3) is 0.873. The Kier molecular flexibility index (Phi) is 57.0. The highest BCUT2D eigenvalue weighted by molar-refractivity contribution is 5.76. The third kappa shape index (κ3) is 55.2. The summed E-state index contributed by atoms with van der Waals surface area (Å²) in [6.07, 6.45) is 73.1. The van der Waals surface area contributed by atoms with Crippen molar-refractivity contribution >= 4 is 11.9 Å². The molecule has 0 aromatic heterocycles. The van der Waals surface area contributed by atoms with Gasteiger partial charge in [-0.3, -0.25) is 9.59 Å². The van der Waals surface area contributed by atoms with E-state index in [9.17, 15) is 19.8 Å². The molecule has 0 heterocycles. The molecule has 0 rings (SSSR count). The molecule has 0 bridgehead atoms. The molecule has 2 atom stereocenters. The lowest BCUT2D eigenvalue weighted by molar-refractivity contribution is -0.143. The summed E-state index contributed by atoms with van der Waals surface area (Å²) in [5, 5.41) is 23.2. The zero-order valence-electron chi connectivity index (χ0n) is 46.3. The van der Waals surface area contributed by atoms with Crippen LogP contribution in [0.5, 0.6) is 0 Å². The van der Waals surface area contributed by atoms with Gasteiger partial charge in [0.2, 0.25) is 5.91 Å². The first-order valence-electron chi connectivity index (χ1n) is 30.8. The lowest BCUT2D eigenvalue weighted by atomic mass is 10.0. The van der Waals surface area contributed by atoms with Crippen LogP contribution in [0.15, 0.2) is 36.5 Å². The fourth-order valence-corrected chi connectivity index (χ4v) is 9.43. The molecule has 3 N–H and O–H groups in total. The van der Waals surface area contributed by atoms with Gasteiger partial charge in [0.05, 0.1) is 25.4 Å². The number of aliphatic hydroxyl groups is 2. The van der Waals surface area contributed by atoms with Crippen molar-refractivity contribution in [2.45, 2.75) is 341 Å². The van der Waals surface area contributed by atoms with Crippen molar-refractivity contribution in [3.05, 3.63) is 36.5 Å². The van der Waals surface area contributed by atoms with Gasteiger partial charge in [-0.2, -0.15) is 0 Å². The number of rotatable bonds is 57. The maximum absolute atomic E-state index is 12.5. The summed E-state index contributed by atoms with van der Waals surface area (Å²) in [4.78, 5) is 24.5. The van der Waals surface area contributed by atoms with Crippen molar-refractivity contribution in [2.75, 3.05) is 13.2 Å². The van der Waals surface area contributed by atoms with Crippen molar-refractivity contribution in [1.29, 1.82) is 0 Å². The summed E-state index contributed by atoms with van der Waals surface area (Å²) in [6.45, 7) is 4.89. The van der Waals surface area contributed by atoms with E-state index >= 15 is 0 Å². The lowest BCUT2D eigenvalue weighted by Gasteiger charge is -2.20. The van der Waals surface area contributed by atoms with Crippen molar-refractivity contribution in [1.82, 2.24) is 5.32 Å². The number of allylic oxidation sites excluding steroid dienone is 5. The van der Waals surface area contributed by atoms with Crippen molar-refractivity contribution in [3.63, 3.8) is 0 Å². The highest BCUT2D eigenvalue weighted by Gasteiger charge is 2.18. The Hall–Kier alpha value is -1.92. The Bertz CT molecular complexity index is 1120. The molecule has 6 heteroatoms. The summed E-state index contributed by atoms with van der Waals surface area (Å²) in [6, 6.07) is -0.631. The van der Waals surface area contributed by atoms with Crippen LogP contribution in [-0.2, 0) is 14.3 Å². The zero-order chi connectivity index (χ0) is 50.0. The molecular weight excluding hydrogens is 851 g/mol. The minimum atomic E-state index is -0.847. The molecule has 1 amide bonds. The monoisotopic (exact) mass is 970 g/mol. The molecule has 0 aliphatic heterocycles. The van der Waals surface area contributed by atoms with E-state index in [1.54, 1.807) is 6.08 Å². The van der Waals surface area contributed by atoms with Gasteiger partial charge < -0.3 is 20.3 Å². The van der Waals surface area contributed by atoms with E-state index in [-0.39, 0.29) is 18.5 Å². The quantitative estimate of drug-likeness (QED) is 0.0321. The first kappa shape index (κ1) is 67.1. The van der Waals surface area contributed by atoms with Gasteiger partial charge in [-0.25, -0.2) is 0 Å². The first-order valence-corrected chi connectivity index (χ1v) is 30.8. The van der Waals surface area contributed by atoms with E-state index in [0.717, 1.165) is 51.4 Å². The number of ether oxygens (including phenoxy) is 1. The Labute approximate surface area is 430 Å². The molecule has 2 unspecified atom stereocenters. The van der Waals surface area contributed by atoms with Gasteiger partial charge >= 0.3 is 5.97 Å². The van der Waals surface area contributed by atoms with Gasteiger partial charge in [-0.15, -0.1) is 0 Å². The molecule has 0 saturated heterocycles. The topological polar surface area (TPSA) is 95.9 Å². The standard InChI is InChI=1S/C63H119NO5/c1-3-5-7-9-11-13-15-17-19-24-27-31-35-39-43-47-51-55-61(66)60(59-65)64-62(67)56-52-48-44-40-36-32-28-25-22-21-23-26-30-34-38-42-46-50-54-58-69-63(68)57-53-49-45-41-37-33-29-20-18-16-14-12-10-8-6-4-2/h14,16,20,29,51,55,60-61,65-66H,3-13,15,17-19,21-28,30-50,52-54,56-59H2,1-2H3,(H,64,67)/b16-14-,29-20-,55-51+. The number of amides is 1. The molecule has 0 spiro atoms. The minimum absolute atomic E-state index is 0.00505. The van der Waals surface area contributed by atoms with Crippen LogP contribution in [0, 0.1) is 0 Å². The molecule has 6 nitrogen and oxygen atoms in total. The third-order valence-corrected chi connectivity index (χ3v) is 14.2. The van der Waals surface area contributed by atoms with Crippen LogP contribution in [0.1, 0.15) is 328 Å². The summed E-state index contributed by atoms with van der Waals surface area (Å²) < 4.78 is 5.48. The first-order chi connectivity index (χ1) is 34.0. The Morgan fingerprint density at radius 2 is 0.725 bits per heavy atom. The normalized spacial score (nSPS) is 12.8. The summed E-state index contributed by atoms with van der Waals surface area (Å²) in [5.74, 6) is -0.0745. The molecule has 0 radical (unpaired) electrons. The van der Waals surface area contributed by atoms with Gasteiger partial charge in [0.25, 0.3) is 0 Å². The van der Waals surface area contributed by atoms with Crippen LogP contribution in [0.3, 0.4) is 0 Å². The molecule has 0 fully saturated rings. The van der Waals surface area contributed by atoms with Crippen molar-refractivity contribution in [3.8, 4) is 0 Å². The number of hydrogen-bond acceptors (Lipinski definition) is 5. The second-order valence-electron chi connectivity index (χ2n) is 21.0. The number of esters is 1. The molecule has 0 aromatic rings. The van der Waals surface area contributed by atoms with E-state index in [1.807, 2.05) is 6.08 Å². The average molecular weight is 971 g/mol. The van der Waals surface area contributed by atoms with E-state index in [1.165, 1.54) is 250 Å². The van der Waals surface area contributed by atoms with Crippen LogP contribution < -0.4 is 5.32 Å². The molecule has 0 aliphatic carbocycles. The summed E-state index contributed by atoms with van der Waals surface area (Å²) in [7, 11) is 0. The zero-order valence-corrected chi connectivity index (χ0v) is 46.3. The maximum atomic E-state index is 12.5. The summed E-state index contributed by atoms with van der Waals surface area (Å²) >= 11 is 0. The fourth-order valence-electron chi connectivity index (χ4n) is 9.43. The third-order valence-electron chi connectivity index (χ3n) is 14.2. The molecular formula is C63H119NO5. The lowest BCUT2D eigenvalue weighted by Crippen LogP contribution is -2.45. The number of nitrogens with one attached hydrogen (secondary N) is 1. The number of unbranched alkanes of at least 4 members (excludes halogenated alkanes) is 42. The van der Waals surface area contributed by atoms with Crippen molar-refractivity contribution in [2.24, 2.45) is 0 Å². The van der Waals surface area contributed by atoms with E-state index in [4.69, 9.17) is 4.74 Å². The number of carbonyl (C=O) groups excluding carboxylic acids is 2. The predicted molar refractivity (Wildman–Crippen MR) is 301 cm³/mol. The van der Waals surface area contributed by atoms with Crippen LogP contribution in [0.25, 0.3) is 0 Å². The highest BCUT2D eigenvalue weighted by atomic mass is 16.5. The van der Waals surface area contributed by atoms with Gasteiger partial charge in [-0.05, 0) is 64.2 Å². The highest BCUT2D eigenvalue weighted by Crippen LogP contribution is 2.17. The summed E-state index contributed by atoms with van der Waals surface area (Å²) in [5.41, 5.74) is 0. The van der Waals surface area contributed by atoms with Gasteiger partial charge in [0, 0.05) is 12.8 Å². The second-order valence-corrected chi connectivity index (χ2v) is 21.0. The van der Waals surface area contributed by atoms with E-state index in [2.05, 4.69) is 43.5 Å². The SMILES string of the molecule is CCCCCC/C=C\C/C=C\CCCCCCCC(=O)OCCCCCCCCCCCCCCCCCCCCCC(=O)NC(CO)C(O)/C=C/CCCCCCCCCCCCCCCCC. The molecule has 0 aliphatic rings. The largest absolute Gasteiger partial charge is 0.466 e. The maximum Gasteiger partial charge on any atom is 0.305 e. The molecule has 0 saturated carbocycles. The van der Waals surface area contributed by atoms with Gasteiger partial charge in [-0.1, -0.05) is 288 Å². The Balaban J connectivity index is 3.43. The molecule has 69 heavy (non-hydrogen) atoms. The number of aliphatic hydroxyl groups excluding tert-OH is 2.